The zero-order valence-electron chi connectivity index (χ0n) is 8.20. The number of rotatable bonds is 3. The first-order valence-corrected chi connectivity index (χ1v) is 4.91. The molecule has 0 spiro atoms. The van der Waals surface area contributed by atoms with Gasteiger partial charge in [-0.15, -0.1) is 0 Å². The van der Waals surface area contributed by atoms with E-state index in [1.54, 1.807) is 0 Å². The van der Waals surface area contributed by atoms with Crippen LogP contribution in [0.5, 0.6) is 0 Å². The van der Waals surface area contributed by atoms with Crippen molar-refractivity contribution in [1.29, 1.82) is 0 Å². The second-order valence-electron chi connectivity index (χ2n) is 3.37. The van der Waals surface area contributed by atoms with E-state index in [0.29, 0.717) is 11.8 Å². The van der Waals surface area contributed by atoms with E-state index in [4.69, 9.17) is 17.5 Å². The summed E-state index contributed by atoms with van der Waals surface area (Å²) >= 11 is 6.00. The summed E-state index contributed by atoms with van der Waals surface area (Å²) in [5, 5.41) is 1.28. The third kappa shape index (κ3) is 1.81. The lowest BCUT2D eigenvalue weighted by Gasteiger charge is -2.08. The molecule has 2 aromatic rings. The molecule has 3 N–H and O–H groups in total. The third-order valence-electron chi connectivity index (χ3n) is 2.33. The van der Waals surface area contributed by atoms with Gasteiger partial charge in [0.15, 0.2) is 0 Å². The number of fused-ring (bicyclic) bond motifs is 1. The zero-order chi connectivity index (χ0) is 10.8. The van der Waals surface area contributed by atoms with Crippen LogP contribution < -0.4 is 5.90 Å². The fourth-order valence-electron chi connectivity index (χ4n) is 1.57. The standard InChI is InChI=1S/C9H11ClN4O/c1-5(3-15-11)6-2-12-9-7(6)8(10)13-4-14-9/h2,4-5H,3,11H2,1H3,(H,12,13,14). The molecule has 2 heterocycles. The normalized spacial score (nSPS) is 13.3. The number of aromatic nitrogens is 3. The molecule has 0 saturated carbocycles. The maximum Gasteiger partial charge on any atom is 0.142 e. The van der Waals surface area contributed by atoms with E-state index >= 15 is 0 Å². The van der Waals surface area contributed by atoms with Gasteiger partial charge in [-0.05, 0) is 5.56 Å². The number of hydrogen-bond donors (Lipinski definition) is 2. The number of nitrogens with zero attached hydrogens (tertiary/aromatic N) is 2. The lowest BCUT2D eigenvalue weighted by atomic mass is 10.0. The molecule has 80 valence electrons. The average Bonchev–Trinajstić information content (AvgIpc) is 2.63. The summed E-state index contributed by atoms with van der Waals surface area (Å²) in [6.45, 7) is 2.43. The van der Waals surface area contributed by atoms with Crippen molar-refractivity contribution in [2.45, 2.75) is 12.8 Å². The summed E-state index contributed by atoms with van der Waals surface area (Å²) < 4.78 is 0. The summed E-state index contributed by atoms with van der Waals surface area (Å²) in [5.41, 5.74) is 1.75. The Labute approximate surface area is 91.6 Å². The molecule has 15 heavy (non-hydrogen) atoms. The molecular weight excluding hydrogens is 216 g/mol. The smallest absolute Gasteiger partial charge is 0.142 e. The van der Waals surface area contributed by atoms with Gasteiger partial charge >= 0.3 is 0 Å². The second kappa shape index (κ2) is 4.14. The van der Waals surface area contributed by atoms with Gasteiger partial charge in [-0.1, -0.05) is 18.5 Å². The average molecular weight is 227 g/mol. The van der Waals surface area contributed by atoms with Crippen molar-refractivity contribution in [3.8, 4) is 0 Å². The van der Waals surface area contributed by atoms with Crippen LogP contribution in [0.3, 0.4) is 0 Å². The maximum absolute atomic E-state index is 6.00. The van der Waals surface area contributed by atoms with Gasteiger partial charge in [0.1, 0.15) is 17.1 Å². The van der Waals surface area contributed by atoms with E-state index in [9.17, 15) is 0 Å². The Balaban J connectivity index is 2.52. The van der Waals surface area contributed by atoms with Gasteiger partial charge < -0.3 is 9.82 Å². The molecule has 2 rings (SSSR count). The van der Waals surface area contributed by atoms with Gasteiger partial charge in [-0.2, -0.15) is 0 Å². The van der Waals surface area contributed by atoms with E-state index in [2.05, 4.69) is 19.8 Å². The molecule has 5 nitrogen and oxygen atoms in total. The van der Waals surface area contributed by atoms with E-state index < -0.39 is 0 Å². The number of nitrogens with one attached hydrogen (secondary N) is 1. The van der Waals surface area contributed by atoms with Crippen LogP contribution >= 0.6 is 11.6 Å². The number of halogens is 1. The van der Waals surface area contributed by atoms with Gasteiger partial charge in [0.2, 0.25) is 0 Å². The summed E-state index contributed by atoms with van der Waals surface area (Å²) in [4.78, 5) is 15.7. The molecule has 0 aromatic carbocycles. The Hall–Kier alpha value is -1.17. The minimum absolute atomic E-state index is 0.146. The van der Waals surface area contributed by atoms with Crippen LogP contribution in [0.15, 0.2) is 12.5 Å². The van der Waals surface area contributed by atoms with Crippen molar-refractivity contribution in [3.63, 3.8) is 0 Å². The highest BCUT2D eigenvalue weighted by molar-refractivity contribution is 6.34. The number of aromatic amines is 1. The maximum atomic E-state index is 6.00. The highest BCUT2D eigenvalue weighted by atomic mass is 35.5. The first-order valence-electron chi connectivity index (χ1n) is 4.53. The van der Waals surface area contributed by atoms with Crippen molar-refractivity contribution in [3.05, 3.63) is 23.2 Å². The molecule has 6 heteroatoms. The van der Waals surface area contributed by atoms with Gasteiger partial charge in [0.25, 0.3) is 0 Å². The minimum Gasteiger partial charge on any atom is -0.346 e. The lowest BCUT2D eigenvalue weighted by Crippen LogP contribution is -2.08. The van der Waals surface area contributed by atoms with Crippen molar-refractivity contribution in [1.82, 2.24) is 15.0 Å². The number of H-pyrrole nitrogens is 1. The largest absolute Gasteiger partial charge is 0.346 e. The Bertz CT molecular complexity index is 470. The minimum atomic E-state index is 0.146. The van der Waals surface area contributed by atoms with Crippen molar-refractivity contribution in [2.75, 3.05) is 6.61 Å². The quantitative estimate of drug-likeness (QED) is 0.616. The molecule has 1 unspecified atom stereocenters. The van der Waals surface area contributed by atoms with Crippen molar-refractivity contribution < 1.29 is 4.84 Å². The third-order valence-corrected chi connectivity index (χ3v) is 2.62. The predicted molar refractivity (Wildman–Crippen MR) is 57.5 cm³/mol. The molecule has 0 radical (unpaired) electrons. The van der Waals surface area contributed by atoms with Crippen LogP contribution in [0, 0.1) is 0 Å². The van der Waals surface area contributed by atoms with E-state index in [1.807, 2.05) is 13.1 Å². The number of hydrogen-bond acceptors (Lipinski definition) is 4. The first-order chi connectivity index (χ1) is 7.24. The lowest BCUT2D eigenvalue weighted by molar-refractivity contribution is 0.127. The highest BCUT2D eigenvalue weighted by Crippen LogP contribution is 2.28. The van der Waals surface area contributed by atoms with Gasteiger partial charge in [0.05, 0.1) is 12.0 Å². The summed E-state index contributed by atoms with van der Waals surface area (Å²) in [6.07, 6.45) is 3.28. The topological polar surface area (TPSA) is 76.8 Å². The molecule has 0 amide bonds. The SMILES string of the molecule is CC(CON)c1c[nH]c2ncnc(Cl)c12. The second-order valence-corrected chi connectivity index (χ2v) is 3.72. The van der Waals surface area contributed by atoms with E-state index in [0.717, 1.165) is 16.6 Å². The molecule has 1 atom stereocenters. The van der Waals surface area contributed by atoms with E-state index in [-0.39, 0.29) is 5.92 Å². The molecule has 0 aliphatic carbocycles. The van der Waals surface area contributed by atoms with Crippen LogP contribution in [-0.4, -0.2) is 21.6 Å². The van der Waals surface area contributed by atoms with Gasteiger partial charge in [0, 0.05) is 12.1 Å². The fourth-order valence-corrected chi connectivity index (χ4v) is 1.81. The van der Waals surface area contributed by atoms with Crippen LogP contribution in [0.2, 0.25) is 5.15 Å². The molecule has 2 aromatic heterocycles. The van der Waals surface area contributed by atoms with Crippen LogP contribution in [0.1, 0.15) is 18.4 Å². The Morgan fingerprint density at radius 2 is 2.40 bits per heavy atom. The summed E-state index contributed by atoms with van der Waals surface area (Å²) in [5.74, 6) is 5.19. The summed E-state index contributed by atoms with van der Waals surface area (Å²) in [7, 11) is 0. The first kappa shape index (κ1) is 10.4. The number of nitrogens with two attached hydrogens (primary N) is 1. The molecule has 0 bridgehead atoms. The molecule has 0 aliphatic rings. The van der Waals surface area contributed by atoms with E-state index in [1.165, 1.54) is 6.33 Å². The van der Waals surface area contributed by atoms with Gasteiger partial charge in [-0.3, -0.25) is 0 Å². The Morgan fingerprint density at radius 3 is 3.13 bits per heavy atom. The van der Waals surface area contributed by atoms with Crippen molar-refractivity contribution >= 4 is 22.6 Å². The van der Waals surface area contributed by atoms with Crippen LogP contribution in [-0.2, 0) is 4.84 Å². The Morgan fingerprint density at radius 1 is 1.60 bits per heavy atom. The monoisotopic (exact) mass is 226 g/mol. The fraction of sp³-hybridized carbons (Fsp3) is 0.333. The molecule has 0 saturated heterocycles. The van der Waals surface area contributed by atoms with Crippen molar-refractivity contribution in [2.24, 2.45) is 5.90 Å². The highest BCUT2D eigenvalue weighted by Gasteiger charge is 2.14. The van der Waals surface area contributed by atoms with Crippen LogP contribution in [0.4, 0.5) is 0 Å². The zero-order valence-corrected chi connectivity index (χ0v) is 8.95. The summed E-state index contributed by atoms with van der Waals surface area (Å²) in [6, 6.07) is 0. The van der Waals surface area contributed by atoms with Gasteiger partial charge in [-0.25, -0.2) is 15.9 Å². The molecule has 0 fully saturated rings. The Kier molecular flexibility index (Phi) is 2.86. The molecule has 0 aliphatic heterocycles. The van der Waals surface area contributed by atoms with Crippen LogP contribution in [0.25, 0.3) is 11.0 Å². The molecular formula is C9H11ClN4O. The predicted octanol–water partition coefficient (Wildman–Crippen LogP) is 1.61.